The van der Waals surface area contributed by atoms with Crippen LogP contribution >= 0.6 is 12.2 Å². The fourth-order valence-corrected chi connectivity index (χ4v) is 2.76. The molecule has 1 atom stereocenters. The predicted molar refractivity (Wildman–Crippen MR) is 72.3 cm³/mol. The highest BCUT2D eigenvalue weighted by Crippen LogP contribution is 2.44. The zero-order valence-corrected chi connectivity index (χ0v) is 12.4. The highest BCUT2D eigenvalue weighted by molar-refractivity contribution is 7.78. The highest BCUT2D eigenvalue weighted by Gasteiger charge is 2.55. The largest absolute Gasteiger partial charge is 0.313 e. The summed E-state index contributed by atoms with van der Waals surface area (Å²) in [6.45, 7) is 9.83. The smallest absolute Gasteiger partial charge is 0.248 e. The number of hydrogen-bond donors (Lipinski definition) is 1. The van der Waals surface area contributed by atoms with Gasteiger partial charge in [0.25, 0.3) is 0 Å². The van der Waals surface area contributed by atoms with E-state index >= 15 is 0 Å². The summed E-state index contributed by atoms with van der Waals surface area (Å²) in [5, 5.41) is 18.8. The monoisotopic (exact) mass is 271 g/mol. The molecule has 0 aromatic rings. The lowest BCUT2D eigenvalue weighted by molar-refractivity contribution is -0.198. The minimum Gasteiger partial charge on any atom is -0.313 e. The molecule has 0 spiro atoms. The molecule has 102 valence electrons. The average Bonchev–Trinajstić information content (AvgIpc) is 2.46. The third-order valence-electron chi connectivity index (χ3n) is 3.69. The molecule has 1 heterocycles. The number of carbonyl (C=O) groups excluding carboxylic acids is 1. The van der Waals surface area contributed by atoms with Gasteiger partial charge in [0.2, 0.25) is 5.91 Å². The molecular weight excluding hydrogens is 250 g/mol. The zero-order chi connectivity index (χ0) is 14.1. The molecule has 1 amide bonds. The molecule has 0 bridgehead atoms. The van der Waals surface area contributed by atoms with Crippen molar-refractivity contribution in [3.8, 4) is 0 Å². The molecule has 1 N–H and O–H groups in total. The van der Waals surface area contributed by atoms with E-state index in [0.29, 0.717) is 13.0 Å². The van der Waals surface area contributed by atoms with Crippen molar-refractivity contribution in [1.82, 2.24) is 10.1 Å². The summed E-state index contributed by atoms with van der Waals surface area (Å²) in [6, 6.07) is 0. The van der Waals surface area contributed by atoms with Gasteiger partial charge in [-0.1, -0.05) is 0 Å². The molecule has 6 heteroatoms. The lowest BCUT2D eigenvalue weighted by atomic mass is 9.86. The van der Waals surface area contributed by atoms with Gasteiger partial charge in [0.1, 0.15) is 0 Å². The number of carbonyl (C=O) groups is 1. The molecule has 0 radical (unpaired) electrons. The molecule has 18 heavy (non-hydrogen) atoms. The quantitative estimate of drug-likeness (QED) is 0.485. The van der Waals surface area contributed by atoms with Crippen molar-refractivity contribution in [2.24, 2.45) is 11.0 Å². The van der Waals surface area contributed by atoms with Crippen LogP contribution in [0.15, 0.2) is 5.10 Å². The Morgan fingerprint density at radius 3 is 2.44 bits per heavy atom. The van der Waals surface area contributed by atoms with E-state index in [1.807, 2.05) is 34.6 Å². The van der Waals surface area contributed by atoms with Crippen LogP contribution in [0.5, 0.6) is 0 Å². The Kier molecular flexibility index (Phi) is 4.28. The number of hydroxylamine groups is 2. The molecule has 1 saturated heterocycles. The number of hydrazone groups is 1. The summed E-state index contributed by atoms with van der Waals surface area (Å²) < 4.78 is 0. The van der Waals surface area contributed by atoms with E-state index in [0.717, 1.165) is 0 Å². The molecule has 1 rings (SSSR count). The van der Waals surface area contributed by atoms with Crippen LogP contribution in [0.1, 0.15) is 41.0 Å². The van der Waals surface area contributed by atoms with Gasteiger partial charge >= 0.3 is 0 Å². The molecule has 1 aliphatic heterocycles. The Bertz CT molecular complexity index is 389. The van der Waals surface area contributed by atoms with Gasteiger partial charge in [-0.25, -0.2) is 5.01 Å². The minimum atomic E-state index is -0.620. The van der Waals surface area contributed by atoms with Gasteiger partial charge in [0.05, 0.1) is 16.6 Å². The maximum atomic E-state index is 12.4. The first-order valence-corrected chi connectivity index (χ1v) is 6.47. The van der Waals surface area contributed by atoms with Crippen LogP contribution in [0, 0.1) is 5.92 Å². The standard InChI is InChI=1S/C12H21N3O2S/c1-6-14(13-8-18)10(16)9-7-11(2,3)15(17)12(9,4)5/h9,17H,6-7H2,1-5H3. The number of isothiocyanates is 1. The van der Waals surface area contributed by atoms with Crippen molar-refractivity contribution in [3.63, 3.8) is 0 Å². The second kappa shape index (κ2) is 5.05. The second-order valence-corrected chi connectivity index (χ2v) is 5.96. The zero-order valence-electron chi connectivity index (χ0n) is 11.6. The number of hydrogen-bond acceptors (Lipinski definition) is 5. The lowest BCUT2D eigenvalue weighted by Crippen LogP contribution is -2.49. The van der Waals surface area contributed by atoms with Crippen LogP contribution in [0.3, 0.4) is 0 Å². The van der Waals surface area contributed by atoms with Crippen molar-refractivity contribution in [1.29, 1.82) is 0 Å². The molecule has 5 nitrogen and oxygen atoms in total. The third-order valence-corrected chi connectivity index (χ3v) is 3.77. The highest BCUT2D eigenvalue weighted by atomic mass is 32.1. The Hall–Kier alpha value is -0.810. The molecule has 0 aromatic heterocycles. The van der Waals surface area contributed by atoms with E-state index < -0.39 is 11.1 Å². The number of rotatable bonds is 3. The van der Waals surface area contributed by atoms with E-state index in [4.69, 9.17) is 0 Å². The summed E-state index contributed by atoms with van der Waals surface area (Å²) in [5.41, 5.74) is -1.05. The van der Waals surface area contributed by atoms with Crippen LogP contribution in [0.2, 0.25) is 0 Å². The van der Waals surface area contributed by atoms with Gasteiger partial charge in [-0.3, -0.25) is 4.79 Å². The average molecular weight is 271 g/mol. The van der Waals surface area contributed by atoms with Crippen LogP contribution in [0.4, 0.5) is 0 Å². The minimum absolute atomic E-state index is 0.121. The van der Waals surface area contributed by atoms with Gasteiger partial charge in [0.15, 0.2) is 0 Å². The van der Waals surface area contributed by atoms with Crippen LogP contribution < -0.4 is 0 Å². The van der Waals surface area contributed by atoms with Crippen molar-refractivity contribution >= 4 is 23.3 Å². The van der Waals surface area contributed by atoms with E-state index in [1.54, 1.807) is 0 Å². The maximum absolute atomic E-state index is 12.4. The fourth-order valence-electron chi connectivity index (χ4n) is 2.66. The van der Waals surface area contributed by atoms with Gasteiger partial charge in [-0.15, -0.1) is 5.10 Å². The first-order valence-electron chi connectivity index (χ1n) is 6.07. The molecule has 1 fully saturated rings. The summed E-state index contributed by atoms with van der Waals surface area (Å²) >= 11 is 4.54. The topological polar surface area (TPSA) is 56.1 Å². The van der Waals surface area contributed by atoms with Gasteiger partial charge in [0, 0.05) is 12.1 Å². The number of thiocarbonyl (C=S) groups is 1. The second-order valence-electron chi connectivity index (χ2n) is 5.78. The summed E-state index contributed by atoms with van der Waals surface area (Å²) in [4.78, 5) is 12.4. The molecule has 0 saturated carbocycles. The van der Waals surface area contributed by atoms with E-state index in [-0.39, 0.29) is 11.8 Å². The summed E-state index contributed by atoms with van der Waals surface area (Å²) in [5.74, 6) is -0.436. The van der Waals surface area contributed by atoms with E-state index in [9.17, 15) is 10.0 Å². The Balaban J connectivity index is 3.03. The Morgan fingerprint density at radius 2 is 2.11 bits per heavy atom. The normalized spacial score (nSPS) is 25.6. The summed E-state index contributed by atoms with van der Waals surface area (Å²) in [6.07, 6.45) is 0.582. The number of nitrogens with zero attached hydrogens (tertiary/aromatic N) is 3. The van der Waals surface area contributed by atoms with Crippen molar-refractivity contribution in [2.75, 3.05) is 6.54 Å². The van der Waals surface area contributed by atoms with Crippen molar-refractivity contribution in [2.45, 2.75) is 52.1 Å². The number of amides is 1. The lowest BCUT2D eigenvalue weighted by Gasteiger charge is -2.36. The van der Waals surface area contributed by atoms with Crippen LogP contribution in [-0.2, 0) is 4.79 Å². The SMILES string of the molecule is CCN(N=C=S)C(=O)C1CC(C)(C)N(O)C1(C)C. The first-order chi connectivity index (χ1) is 8.18. The molecular formula is C12H21N3O2S. The first kappa shape index (κ1) is 15.2. The fraction of sp³-hybridized carbons (Fsp3) is 0.833. The van der Waals surface area contributed by atoms with Gasteiger partial charge < -0.3 is 5.21 Å². The van der Waals surface area contributed by atoms with Crippen LogP contribution in [-0.4, -0.2) is 44.0 Å². The molecule has 0 aliphatic carbocycles. The van der Waals surface area contributed by atoms with Crippen LogP contribution in [0.25, 0.3) is 0 Å². The molecule has 0 aromatic carbocycles. The molecule has 1 aliphatic rings. The molecule has 1 unspecified atom stereocenters. The maximum Gasteiger partial charge on any atom is 0.248 e. The predicted octanol–water partition coefficient (Wildman–Crippen LogP) is 2.12. The summed E-state index contributed by atoms with van der Waals surface area (Å²) in [7, 11) is 0. The van der Waals surface area contributed by atoms with Crippen molar-refractivity contribution < 1.29 is 10.0 Å². The Morgan fingerprint density at radius 1 is 1.56 bits per heavy atom. The van der Waals surface area contributed by atoms with Gasteiger partial charge in [-0.2, -0.15) is 5.06 Å². The van der Waals surface area contributed by atoms with E-state index in [2.05, 4.69) is 22.5 Å². The van der Waals surface area contributed by atoms with E-state index in [1.165, 1.54) is 10.1 Å². The van der Waals surface area contributed by atoms with Gasteiger partial charge in [-0.05, 0) is 53.3 Å². The third kappa shape index (κ3) is 2.47. The van der Waals surface area contributed by atoms with Crippen molar-refractivity contribution in [3.05, 3.63) is 0 Å². The Labute approximate surface area is 113 Å².